The molecular weight excluding hydrogens is 266 g/mol. The van der Waals surface area contributed by atoms with Crippen LogP contribution in [0.4, 0.5) is 5.69 Å². The molecule has 0 saturated carbocycles. The predicted octanol–water partition coefficient (Wildman–Crippen LogP) is 1.68. The number of carboxylic acid groups (broad SMARTS) is 1. The zero-order chi connectivity index (χ0) is 14.0. The third-order valence-corrected chi connectivity index (χ3v) is 5.10. The van der Waals surface area contributed by atoms with Crippen molar-refractivity contribution < 1.29 is 18.3 Å². The number of carboxylic acids is 1. The van der Waals surface area contributed by atoms with Crippen LogP contribution >= 0.6 is 0 Å². The van der Waals surface area contributed by atoms with E-state index in [0.29, 0.717) is 12.8 Å². The van der Waals surface area contributed by atoms with Gasteiger partial charge in [-0.05, 0) is 43.5 Å². The van der Waals surface area contributed by atoms with Gasteiger partial charge in [0.15, 0.2) is 0 Å². The zero-order valence-electron chi connectivity index (χ0n) is 10.7. The van der Waals surface area contributed by atoms with E-state index in [1.807, 2.05) is 6.92 Å². The molecule has 0 aromatic heterocycles. The second-order valence-electron chi connectivity index (χ2n) is 4.91. The maximum absolute atomic E-state index is 11.3. The monoisotopic (exact) mass is 283 g/mol. The number of rotatable bonds is 3. The molecule has 2 N–H and O–H groups in total. The van der Waals surface area contributed by atoms with Gasteiger partial charge >= 0.3 is 5.97 Å². The molecule has 0 amide bonds. The van der Waals surface area contributed by atoms with Crippen LogP contribution in [-0.2, 0) is 9.84 Å². The first-order chi connectivity index (χ1) is 8.87. The summed E-state index contributed by atoms with van der Waals surface area (Å²) >= 11 is 0. The lowest BCUT2D eigenvalue weighted by atomic mass is 10.1. The average Bonchev–Trinajstić information content (AvgIpc) is 2.34. The first-order valence-corrected chi connectivity index (χ1v) is 8.00. The Morgan fingerprint density at radius 2 is 1.95 bits per heavy atom. The summed E-state index contributed by atoms with van der Waals surface area (Å²) in [5.41, 5.74) is 1.98. The van der Waals surface area contributed by atoms with Crippen LogP contribution in [-0.4, -0.2) is 37.0 Å². The van der Waals surface area contributed by atoms with Gasteiger partial charge in [-0.15, -0.1) is 0 Å². The predicted molar refractivity (Wildman–Crippen MR) is 73.4 cm³/mol. The molecule has 2 rings (SSSR count). The molecule has 1 aliphatic heterocycles. The van der Waals surface area contributed by atoms with Gasteiger partial charge in [-0.2, -0.15) is 0 Å². The topological polar surface area (TPSA) is 83.5 Å². The average molecular weight is 283 g/mol. The number of benzene rings is 1. The Balaban J connectivity index is 2.06. The fourth-order valence-corrected chi connectivity index (χ4v) is 3.70. The Morgan fingerprint density at radius 3 is 2.47 bits per heavy atom. The van der Waals surface area contributed by atoms with Crippen LogP contribution in [0.25, 0.3) is 0 Å². The highest BCUT2D eigenvalue weighted by molar-refractivity contribution is 7.91. The van der Waals surface area contributed by atoms with Gasteiger partial charge in [-0.3, -0.25) is 0 Å². The summed E-state index contributed by atoms with van der Waals surface area (Å²) in [6.45, 7) is 1.84. The molecular formula is C13H17NO4S. The molecule has 5 nitrogen and oxygen atoms in total. The highest BCUT2D eigenvalue weighted by Gasteiger charge is 2.23. The second kappa shape index (κ2) is 5.21. The van der Waals surface area contributed by atoms with Crippen molar-refractivity contribution in [2.75, 3.05) is 16.8 Å². The van der Waals surface area contributed by atoms with Gasteiger partial charge in [0.1, 0.15) is 9.84 Å². The lowest BCUT2D eigenvalue weighted by molar-refractivity contribution is 0.0697. The first kappa shape index (κ1) is 13.9. The van der Waals surface area contributed by atoms with Crippen molar-refractivity contribution in [3.05, 3.63) is 29.3 Å². The molecule has 0 atom stereocenters. The van der Waals surface area contributed by atoms with Gasteiger partial charge in [-0.1, -0.05) is 0 Å². The number of hydrogen-bond acceptors (Lipinski definition) is 4. The van der Waals surface area contributed by atoms with E-state index >= 15 is 0 Å². The molecule has 1 fully saturated rings. The minimum Gasteiger partial charge on any atom is -0.478 e. The number of sulfone groups is 1. The normalized spacial score (nSPS) is 19.0. The Bertz CT molecular complexity index is 581. The van der Waals surface area contributed by atoms with E-state index < -0.39 is 15.8 Å². The van der Waals surface area contributed by atoms with Crippen molar-refractivity contribution in [1.82, 2.24) is 0 Å². The van der Waals surface area contributed by atoms with Crippen LogP contribution in [0.3, 0.4) is 0 Å². The van der Waals surface area contributed by atoms with Crippen LogP contribution in [0.2, 0.25) is 0 Å². The van der Waals surface area contributed by atoms with Crippen LogP contribution in [0.5, 0.6) is 0 Å². The van der Waals surface area contributed by atoms with E-state index in [0.717, 1.165) is 11.3 Å². The van der Waals surface area contributed by atoms with E-state index in [1.54, 1.807) is 18.2 Å². The van der Waals surface area contributed by atoms with Crippen molar-refractivity contribution in [2.24, 2.45) is 0 Å². The number of hydrogen-bond donors (Lipinski definition) is 2. The van der Waals surface area contributed by atoms with Gasteiger partial charge in [0.25, 0.3) is 0 Å². The molecule has 0 aliphatic carbocycles. The number of carbonyl (C=O) groups is 1. The van der Waals surface area contributed by atoms with E-state index in [4.69, 9.17) is 5.11 Å². The minimum absolute atomic E-state index is 0.137. The second-order valence-corrected chi connectivity index (χ2v) is 7.21. The van der Waals surface area contributed by atoms with Crippen molar-refractivity contribution >= 4 is 21.5 Å². The Kier molecular flexibility index (Phi) is 3.80. The summed E-state index contributed by atoms with van der Waals surface area (Å²) in [6.07, 6.45) is 1.20. The van der Waals surface area contributed by atoms with E-state index in [2.05, 4.69) is 5.32 Å². The van der Waals surface area contributed by atoms with E-state index in [9.17, 15) is 13.2 Å². The SMILES string of the molecule is Cc1cc(C(=O)O)ccc1NC1CCS(=O)(=O)CC1. The summed E-state index contributed by atoms with van der Waals surface area (Å²) in [4.78, 5) is 10.8. The Morgan fingerprint density at radius 1 is 1.32 bits per heavy atom. The maximum atomic E-state index is 11.3. The van der Waals surface area contributed by atoms with E-state index in [1.165, 1.54) is 0 Å². The minimum atomic E-state index is -2.85. The molecule has 19 heavy (non-hydrogen) atoms. The van der Waals surface area contributed by atoms with Crippen molar-refractivity contribution in [3.63, 3.8) is 0 Å². The third-order valence-electron chi connectivity index (χ3n) is 3.39. The molecule has 1 saturated heterocycles. The highest BCUT2D eigenvalue weighted by Crippen LogP contribution is 2.21. The molecule has 104 valence electrons. The number of aromatic carboxylic acids is 1. The van der Waals surface area contributed by atoms with Crippen LogP contribution in [0.15, 0.2) is 18.2 Å². The van der Waals surface area contributed by atoms with Gasteiger partial charge in [0, 0.05) is 11.7 Å². The number of anilines is 1. The van der Waals surface area contributed by atoms with Crippen LogP contribution in [0.1, 0.15) is 28.8 Å². The van der Waals surface area contributed by atoms with Crippen LogP contribution < -0.4 is 5.32 Å². The maximum Gasteiger partial charge on any atom is 0.335 e. The smallest absolute Gasteiger partial charge is 0.335 e. The van der Waals surface area contributed by atoms with Crippen molar-refractivity contribution in [1.29, 1.82) is 0 Å². The molecule has 1 heterocycles. The standard InChI is InChI=1S/C13H17NO4S/c1-9-8-10(13(15)16)2-3-12(9)14-11-4-6-19(17,18)7-5-11/h2-3,8,11,14H,4-7H2,1H3,(H,15,16). The summed E-state index contributed by atoms with van der Waals surface area (Å²) in [5.74, 6) is -0.508. The lowest BCUT2D eigenvalue weighted by Crippen LogP contribution is -2.32. The summed E-state index contributed by atoms with van der Waals surface area (Å²) in [6, 6.07) is 5.04. The molecule has 1 aliphatic rings. The Hall–Kier alpha value is -1.56. The summed E-state index contributed by atoms with van der Waals surface area (Å²) in [5, 5.41) is 12.2. The molecule has 0 bridgehead atoms. The first-order valence-electron chi connectivity index (χ1n) is 6.18. The molecule has 1 aromatic rings. The summed E-state index contributed by atoms with van der Waals surface area (Å²) < 4.78 is 22.7. The molecule has 0 spiro atoms. The molecule has 1 aromatic carbocycles. The quantitative estimate of drug-likeness (QED) is 0.882. The molecule has 6 heteroatoms. The van der Waals surface area contributed by atoms with Gasteiger partial charge in [0.2, 0.25) is 0 Å². The Labute approximate surface area is 112 Å². The fraction of sp³-hybridized carbons (Fsp3) is 0.462. The van der Waals surface area contributed by atoms with Crippen molar-refractivity contribution in [3.8, 4) is 0 Å². The number of aryl methyl sites for hydroxylation is 1. The summed E-state index contributed by atoms with van der Waals surface area (Å²) in [7, 11) is -2.85. The van der Waals surface area contributed by atoms with Crippen LogP contribution in [0, 0.1) is 6.92 Å². The van der Waals surface area contributed by atoms with Gasteiger partial charge in [0.05, 0.1) is 17.1 Å². The van der Waals surface area contributed by atoms with Crippen molar-refractivity contribution in [2.45, 2.75) is 25.8 Å². The highest BCUT2D eigenvalue weighted by atomic mass is 32.2. The third kappa shape index (κ3) is 3.47. The number of nitrogens with one attached hydrogen (secondary N) is 1. The largest absolute Gasteiger partial charge is 0.478 e. The zero-order valence-corrected chi connectivity index (χ0v) is 11.5. The molecule has 0 unspecified atom stereocenters. The van der Waals surface area contributed by atoms with Gasteiger partial charge in [-0.25, -0.2) is 13.2 Å². The van der Waals surface area contributed by atoms with Gasteiger partial charge < -0.3 is 10.4 Å². The fourth-order valence-electron chi connectivity index (χ4n) is 2.21. The molecule has 0 radical (unpaired) electrons. The lowest BCUT2D eigenvalue weighted by Gasteiger charge is -2.25. The van der Waals surface area contributed by atoms with E-state index in [-0.39, 0.29) is 23.1 Å².